The van der Waals surface area contributed by atoms with E-state index in [2.05, 4.69) is 13.8 Å². The monoisotopic (exact) mass is 268 g/mol. The van der Waals surface area contributed by atoms with Gasteiger partial charge in [0, 0.05) is 5.02 Å². The van der Waals surface area contributed by atoms with Crippen LogP contribution >= 0.6 is 11.6 Å². The molecule has 0 amide bonds. The Balaban J connectivity index is 2.69. The lowest BCUT2D eigenvalue weighted by molar-refractivity contribution is -0.142. The Hall–Kier alpha value is -1.02. The molecule has 0 spiro atoms. The number of aliphatic carboxylic acids is 1. The highest BCUT2D eigenvalue weighted by atomic mass is 35.5. The first kappa shape index (κ1) is 15.0. The number of halogens is 1. The molecule has 2 unspecified atom stereocenters. The Labute approximate surface area is 114 Å². The molecule has 2 nitrogen and oxygen atoms in total. The van der Waals surface area contributed by atoms with Crippen LogP contribution in [0.5, 0.6) is 0 Å². The quantitative estimate of drug-likeness (QED) is 0.795. The van der Waals surface area contributed by atoms with Crippen LogP contribution in [0, 0.1) is 11.8 Å². The minimum atomic E-state index is -0.724. The van der Waals surface area contributed by atoms with E-state index in [4.69, 9.17) is 11.6 Å². The second-order valence-corrected chi connectivity index (χ2v) is 5.37. The van der Waals surface area contributed by atoms with Crippen LogP contribution in [0.1, 0.15) is 38.7 Å². The molecule has 0 aromatic heterocycles. The van der Waals surface area contributed by atoms with Gasteiger partial charge in [-0.25, -0.2) is 0 Å². The molecule has 1 N–H and O–H groups in total. The van der Waals surface area contributed by atoms with E-state index in [0.717, 1.165) is 18.4 Å². The van der Waals surface area contributed by atoms with Crippen LogP contribution in [0.15, 0.2) is 24.3 Å². The van der Waals surface area contributed by atoms with Crippen LogP contribution in [-0.4, -0.2) is 11.1 Å². The summed E-state index contributed by atoms with van der Waals surface area (Å²) in [4.78, 5) is 11.3. The summed E-state index contributed by atoms with van der Waals surface area (Å²) < 4.78 is 0. The molecule has 0 fully saturated rings. The lowest BCUT2D eigenvalue weighted by Gasteiger charge is -2.17. The molecule has 0 radical (unpaired) electrons. The highest BCUT2D eigenvalue weighted by Crippen LogP contribution is 2.24. The van der Waals surface area contributed by atoms with Crippen LogP contribution in [0.25, 0.3) is 0 Å². The molecule has 0 saturated heterocycles. The molecule has 0 saturated carbocycles. The van der Waals surface area contributed by atoms with Gasteiger partial charge in [-0.3, -0.25) is 4.79 Å². The fraction of sp³-hybridized carbons (Fsp3) is 0.533. The average Bonchev–Trinajstić information content (AvgIpc) is 2.31. The van der Waals surface area contributed by atoms with E-state index in [-0.39, 0.29) is 5.92 Å². The number of carboxylic acids is 1. The summed E-state index contributed by atoms with van der Waals surface area (Å²) >= 11 is 6.08. The van der Waals surface area contributed by atoms with Gasteiger partial charge in [-0.05, 0) is 30.4 Å². The molecule has 0 aliphatic rings. The Morgan fingerprint density at radius 2 is 2.06 bits per heavy atom. The highest BCUT2D eigenvalue weighted by Gasteiger charge is 2.21. The largest absolute Gasteiger partial charge is 0.481 e. The zero-order valence-corrected chi connectivity index (χ0v) is 11.8. The van der Waals surface area contributed by atoms with Crippen molar-refractivity contribution >= 4 is 17.6 Å². The number of rotatable bonds is 7. The Morgan fingerprint density at radius 3 is 2.61 bits per heavy atom. The average molecular weight is 269 g/mol. The highest BCUT2D eigenvalue weighted by molar-refractivity contribution is 6.31. The third-order valence-corrected chi connectivity index (χ3v) is 3.61. The molecule has 2 atom stereocenters. The summed E-state index contributed by atoms with van der Waals surface area (Å²) in [6.45, 7) is 4.24. The van der Waals surface area contributed by atoms with Crippen LogP contribution < -0.4 is 0 Å². The van der Waals surface area contributed by atoms with Crippen LogP contribution in [0.3, 0.4) is 0 Å². The standard InChI is InChI=1S/C15H21ClO2/c1-3-6-11(2)9-13(15(17)18)10-12-7-4-5-8-14(12)16/h4-5,7-8,11,13H,3,6,9-10H2,1-2H3,(H,17,18). The van der Waals surface area contributed by atoms with Crippen LogP contribution in [0.4, 0.5) is 0 Å². The molecule has 0 aliphatic heterocycles. The maximum absolute atomic E-state index is 11.3. The van der Waals surface area contributed by atoms with Gasteiger partial charge in [0.25, 0.3) is 0 Å². The van der Waals surface area contributed by atoms with Crippen molar-refractivity contribution in [1.29, 1.82) is 0 Å². The van der Waals surface area contributed by atoms with Gasteiger partial charge in [-0.2, -0.15) is 0 Å². The molecule has 1 aromatic carbocycles. The topological polar surface area (TPSA) is 37.3 Å². The second-order valence-electron chi connectivity index (χ2n) is 4.96. The Bertz CT molecular complexity index is 390. The first-order valence-corrected chi connectivity index (χ1v) is 6.88. The van der Waals surface area contributed by atoms with Gasteiger partial charge in [0.1, 0.15) is 0 Å². The summed E-state index contributed by atoms with van der Waals surface area (Å²) in [7, 11) is 0. The first-order chi connectivity index (χ1) is 8.54. The summed E-state index contributed by atoms with van der Waals surface area (Å²) in [6.07, 6.45) is 3.41. The molecule has 0 heterocycles. The molecule has 0 aliphatic carbocycles. The number of hydrogen-bond donors (Lipinski definition) is 1. The smallest absolute Gasteiger partial charge is 0.306 e. The molecule has 100 valence electrons. The van der Waals surface area contributed by atoms with Crippen molar-refractivity contribution in [1.82, 2.24) is 0 Å². The SMILES string of the molecule is CCCC(C)CC(Cc1ccccc1Cl)C(=O)O. The maximum Gasteiger partial charge on any atom is 0.306 e. The minimum absolute atomic E-state index is 0.341. The molecular formula is C15H21ClO2. The molecular weight excluding hydrogens is 248 g/mol. The van der Waals surface area contributed by atoms with Crippen molar-refractivity contribution in [2.24, 2.45) is 11.8 Å². The van der Waals surface area contributed by atoms with Crippen molar-refractivity contribution in [3.05, 3.63) is 34.9 Å². The first-order valence-electron chi connectivity index (χ1n) is 6.50. The zero-order valence-electron chi connectivity index (χ0n) is 11.0. The summed E-state index contributed by atoms with van der Waals surface area (Å²) in [6, 6.07) is 7.48. The van der Waals surface area contributed by atoms with Crippen LogP contribution in [0.2, 0.25) is 5.02 Å². The van der Waals surface area contributed by atoms with Crippen molar-refractivity contribution in [2.45, 2.75) is 39.5 Å². The van der Waals surface area contributed by atoms with E-state index < -0.39 is 5.97 Å². The number of benzene rings is 1. The van der Waals surface area contributed by atoms with Crippen LogP contribution in [-0.2, 0) is 11.2 Å². The number of carboxylic acid groups (broad SMARTS) is 1. The van der Waals surface area contributed by atoms with E-state index in [1.54, 1.807) is 0 Å². The molecule has 0 bridgehead atoms. The normalized spacial score (nSPS) is 14.2. The molecule has 3 heteroatoms. The minimum Gasteiger partial charge on any atom is -0.481 e. The molecule has 1 rings (SSSR count). The van der Waals surface area contributed by atoms with Gasteiger partial charge in [-0.1, -0.05) is 56.5 Å². The van der Waals surface area contributed by atoms with Crippen molar-refractivity contribution in [3.8, 4) is 0 Å². The summed E-state index contributed by atoms with van der Waals surface area (Å²) in [5.41, 5.74) is 0.926. The zero-order chi connectivity index (χ0) is 13.5. The maximum atomic E-state index is 11.3. The lowest BCUT2D eigenvalue weighted by Crippen LogP contribution is -2.19. The Kier molecular flexibility index (Phi) is 6.20. The van der Waals surface area contributed by atoms with Gasteiger partial charge >= 0.3 is 5.97 Å². The molecule has 18 heavy (non-hydrogen) atoms. The van der Waals surface area contributed by atoms with Crippen molar-refractivity contribution < 1.29 is 9.90 Å². The van der Waals surface area contributed by atoms with Gasteiger partial charge < -0.3 is 5.11 Å². The second kappa shape index (κ2) is 7.42. The molecule has 1 aromatic rings. The van der Waals surface area contributed by atoms with Crippen molar-refractivity contribution in [2.75, 3.05) is 0 Å². The number of hydrogen-bond acceptors (Lipinski definition) is 1. The van der Waals surface area contributed by atoms with E-state index in [1.807, 2.05) is 24.3 Å². The van der Waals surface area contributed by atoms with E-state index >= 15 is 0 Å². The van der Waals surface area contributed by atoms with E-state index in [1.165, 1.54) is 0 Å². The van der Waals surface area contributed by atoms with Gasteiger partial charge in [0.05, 0.1) is 5.92 Å². The summed E-state index contributed by atoms with van der Waals surface area (Å²) in [5, 5.41) is 9.96. The van der Waals surface area contributed by atoms with Gasteiger partial charge in [0.15, 0.2) is 0 Å². The van der Waals surface area contributed by atoms with E-state index in [0.29, 0.717) is 23.8 Å². The fourth-order valence-electron chi connectivity index (χ4n) is 2.30. The van der Waals surface area contributed by atoms with Gasteiger partial charge in [0.2, 0.25) is 0 Å². The van der Waals surface area contributed by atoms with Gasteiger partial charge in [-0.15, -0.1) is 0 Å². The lowest BCUT2D eigenvalue weighted by atomic mass is 9.88. The Morgan fingerprint density at radius 1 is 1.39 bits per heavy atom. The third-order valence-electron chi connectivity index (χ3n) is 3.24. The van der Waals surface area contributed by atoms with E-state index in [9.17, 15) is 9.90 Å². The predicted molar refractivity (Wildman–Crippen MR) is 75.0 cm³/mol. The predicted octanol–water partition coefficient (Wildman–Crippen LogP) is 4.41. The third kappa shape index (κ3) is 4.69. The fourth-order valence-corrected chi connectivity index (χ4v) is 2.51. The van der Waals surface area contributed by atoms with Crippen molar-refractivity contribution in [3.63, 3.8) is 0 Å². The number of carbonyl (C=O) groups is 1. The summed E-state index contributed by atoms with van der Waals surface area (Å²) in [5.74, 6) is -0.622.